The van der Waals surface area contributed by atoms with Gasteiger partial charge in [0, 0.05) is 10.4 Å². The molecule has 8 nitrogen and oxygen atoms in total. The van der Waals surface area contributed by atoms with E-state index in [0.29, 0.717) is 23.3 Å². The van der Waals surface area contributed by atoms with E-state index in [2.05, 4.69) is 140 Å². The molecule has 0 saturated carbocycles. The van der Waals surface area contributed by atoms with Crippen molar-refractivity contribution in [3.8, 4) is 46.5 Å². The second kappa shape index (κ2) is 22.1. The summed E-state index contributed by atoms with van der Waals surface area (Å²) >= 11 is 0. The first-order valence-electron chi connectivity index (χ1n) is 25.8. The summed E-state index contributed by atoms with van der Waals surface area (Å²) in [5.41, 5.74) is 25.0. The fraction of sp³-hybridized carbons (Fsp3) is 0.312. The summed E-state index contributed by atoms with van der Waals surface area (Å²) in [6.07, 6.45) is 8.91. The summed E-state index contributed by atoms with van der Waals surface area (Å²) in [5.74, 6) is 0. The summed E-state index contributed by atoms with van der Waals surface area (Å²) in [4.78, 5) is 22.7. The zero-order valence-electron chi connectivity index (χ0n) is 43.7. The van der Waals surface area contributed by atoms with Crippen molar-refractivity contribution >= 4 is 55.5 Å². The van der Waals surface area contributed by atoms with Crippen LogP contribution in [0.2, 0.25) is 0 Å². The van der Waals surface area contributed by atoms with Gasteiger partial charge in [-0.15, -0.1) is 22.1 Å². The van der Waals surface area contributed by atoms with Crippen molar-refractivity contribution in [2.75, 3.05) is 0 Å². The van der Waals surface area contributed by atoms with Crippen LogP contribution in [0.3, 0.4) is 0 Å². The summed E-state index contributed by atoms with van der Waals surface area (Å²) < 4.78 is 0. The van der Waals surface area contributed by atoms with E-state index in [1.807, 2.05) is 12.1 Å². The fourth-order valence-corrected chi connectivity index (χ4v) is 11.7. The zero-order valence-corrected chi connectivity index (χ0v) is 46.7. The molecule has 0 amide bonds. The Morgan fingerprint density at radius 1 is 0.493 bits per heavy atom. The summed E-state index contributed by atoms with van der Waals surface area (Å²) in [6, 6.07) is 34.2. The minimum Gasteiger partial charge on any atom is -0.657 e. The SMILES string of the molecule is CCC1=C(C)c2nc1cc1[n-]c(c(C)c1CC)c1c3nc(cc4[n-]c(c(C)c4CC)c2-c2ccccc2CCCCc2cc(=C(C#N)C#N)c(cc2=C(C#N)C#N)CCCCc2ccccc2-1)C(CC)=C3C.[Zn+2]. The number of nitriles is 4. The smallest absolute Gasteiger partial charge is 0.657 e. The molecule has 358 valence electrons. The molecule has 0 radical (unpaired) electrons. The summed E-state index contributed by atoms with van der Waals surface area (Å²) in [5, 5.41) is 42.2. The third kappa shape index (κ3) is 9.34. The van der Waals surface area contributed by atoms with Crippen LogP contribution >= 0.6 is 0 Å². The maximum atomic E-state index is 10.3. The van der Waals surface area contributed by atoms with E-state index in [4.69, 9.17) is 19.9 Å². The van der Waals surface area contributed by atoms with Crippen LogP contribution in [-0.4, -0.2) is 9.97 Å². The van der Waals surface area contributed by atoms with Gasteiger partial charge < -0.3 is 9.97 Å². The van der Waals surface area contributed by atoms with E-state index in [0.717, 1.165) is 165 Å². The van der Waals surface area contributed by atoms with E-state index in [1.165, 1.54) is 33.4 Å². The summed E-state index contributed by atoms with van der Waals surface area (Å²) in [7, 11) is 0. The zero-order chi connectivity index (χ0) is 50.8. The molecule has 9 heteroatoms. The van der Waals surface area contributed by atoms with Gasteiger partial charge in [-0.25, -0.2) is 9.97 Å². The Labute approximate surface area is 443 Å². The van der Waals surface area contributed by atoms with Crippen LogP contribution in [0.4, 0.5) is 0 Å². The number of aryl methyl sites for hydroxylation is 8. The molecule has 6 aliphatic rings. The van der Waals surface area contributed by atoms with E-state index >= 15 is 0 Å². The first-order chi connectivity index (χ1) is 35.0. The van der Waals surface area contributed by atoms with E-state index < -0.39 is 0 Å². The number of hydrogen-bond acceptors (Lipinski definition) is 6. The number of rotatable bonds is 4. The Morgan fingerprint density at radius 2 is 0.849 bits per heavy atom. The van der Waals surface area contributed by atoms with Crippen molar-refractivity contribution in [3.05, 3.63) is 151 Å². The number of hydrogen-bond donors (Lipinski definition) is 0. The van der Waals surface area contributed by atoms with Gasteiger partial charge in [-0.3, -0.25) is 0 Å². The number of benzene rings is 3. The van der Waals surface area contributed by atoms with Gasteiger partial charge in [-0.05, 0) is 184 Å². The van der Waals surface area contributed by atoms with Gasteiger partial charge in [-0.2, -0.15) is 21.0 Å². The van der Waals surface area contributed by atoms with Crippen molar-refractivity contribution in [1.82, 2.24) is 19.9 Å². The number of nitrogens with zero attached hydrogens (tertiary/aromatic N) is 8. The minimum atomic E-state index is 0. The third-order valence-electron chi connectivity index (χ3n) is 15.5. The predicted octanol–water partition coefficient (Wildman–Crippen LogP) is 13.2. The molecule has 0 aliphatic carbocycles. The maximum absolute atomic E-state index is 10.3. The second-order valence-corrected chi connectivity index (χ2v) is 19.3. The molecule has 3 aromatic heterocycles. The molecule has 73 heavy (non-hydrogen) atoms. The van der Waals surface area contributed by atoms with Gasteiger partial charge >= 0.3 is 19.5 Å². The molecular formula is C64H60N8Zn. The second-order valence-electron chi connectivity index (χ2n) is 19.3. The average molecular weight is 1010 g/mol. The van der Waals surface area contributed by atoms with E-state index in [1.54, 1.807) is 0 Å². The molecule has 3 aromatic carbocycles. The van der Waals surface area contributed by atoms with Crippen molar-refractivity contribution in [2.24, 2.45) is 0 Å². The molecule has 0 saturated heterocycles. The average Bonchev–Trinajstić information content (AvgIpc) is 4.08. The number of aromatic nitrogens is 4. The Balaban J connectivity index is 0.00000711. The van der Waals surface area contributed by atoms with Gasteiger partial charge in [0.25, 0.3) is 0 Å². The van der Waals surface area contributed by atoms with Gasteiger partial charge in [0.1, 0.15) is 35.4 Å². The standard InChI is InChI=1S/C64H60N8.Zn/c1-9-47-37(5)61-59-51-27-19-17-23-41(51)21-13-15-25-43-29-54(46(35-67)36-68)44(30-53(43)45(33-65)34-66)26-16-14-22-42-24-18-20-28-52(42)60(63-38(6)48(10-2)56(70-63)31-55(47)69-61)64-40(8)50(12-4)58(72-64)32-57-49(11-3)39(7)62(59)71-57;/h17-20,23-24,27-32H,9-16,21-22,25-26H2,1-8H3;/q-2;+2. The van der Waals surface area contributed by atoms with Crippen LogP contribution in [0, 0.1) is 59.2 Å². The van der Waals surface area contributed by atoms with Crippen LogP contribution in [0.5, 0.6) is 0 Å². The molecule has 6 aromatic rings. The topological polar surface area (TPSA) is 149 Å². The maximum Gasteiger partial charge on any atom is 2.00 e. The largest absolute Gasteiger partial charge is 2.00 e. The Morgan fingerprint density at radius 3 is 1.19 bits per heavy atom. The van der Waals surface area contributed by atoms with E-state index in [9.17, 15) is 21.0 Å². The first-order valence-corrected chi connectivity index (χ1v) is 25.8. The van der Waals surface area contributed by atoms with Gasteiger partial charge in [-0.1, -0.05) is 111 Å². The Kier molecular flexibility index (Phi) is 15.8. The van der Waals surface area contributed by atoms with Crippen LogP contribution in [0.15, 0.2) is 72.8 Å². The molecule has 0 fully saturated rings. The molecule has 12 rings (SSSR count). The monoisotopic (exact) mass is 1000 g/mol. The first kappa shape index (κ1) is 51.9. The van der Waals surface area contributed by atoms with Crippen LogP contribution in [-0.2, 0) is 58.0 Å². The van der Waals surface area contributed by atoms with E-state index in [-0.39, 0.29) is 30.6 Å². The molecule has 0 atom stereocenters. The van der Waals surface area contributed by atoms with Crippen LogP contribution < -0.4 is 20.4 Å². The Bertz CT molecular complexity index is 3510. The normalized spacial score (nSPS) is 13.5. The van der Waals surface area contributed by atoms with Gasteiger partial charge in [0.15, 0.2) is 0 Å². The molecule has 0 N–H and O–H groups in total. The van der Waals surface area contributed by atoms with Gasteiger partial charge in [0.2, 0.25) is 0 Å². The summed E-state index contributed by atoms with van der Waals surface area (Å²) in [6.45, 7) is 17.7. The van der Waals surface area contributed by atoms with Crippen molar-refractivity contribution in [3.63, 3.8) is 0 Å². The molecule has 12 bridgehead atoms. The molecule has 9 heterocycles. The quantitative estimate of drug-likeness (QED) is 0.158. The fourth-order valence-electron chi connectivity index (χ4n) is 11.7. The molecule has 6 aliphatic heterocycles. The molecule has 0 spiro atoms. The molecular weight excluding hydrogens is 946 g/mol. The van der Waals surface area contributed by atoms with Crippen LogP contribution in [0.25, 0.3) is 77.8 Å². The Hall–Kier alpha value is -7.42. The third-order valence-corrected chi connectivity index (χ3v) is 15.5. The van der Waals surface area contributed by atoms with Gasteiger partial charge in [0.05, 0.1) is 22.8 Å². The van der Waals surface area contributed by atoms with Crippen molar-refractivity contribution < 1.29 is 19.5 Å². The number of allylic oxidation sites excluding steroid dienone is 4. The van der Waals surface area contributed by atoms with Crippen LogP contribution in [0.1, 0.15) is 147 Å². The van der Waals surface area contributed by atoms with Crippen molar-refractivity contribution in [1.29, 1.82) is 21.0 Å². The minimum absolute atomic E-state index is 0. The van der Waals surface area contributed by atoms with Crippen molar-refractivity contribution in [2.45, 2.75) is 132 Å². The predicted molar refractivity (Wildman–Crippen MR) is 292 cm³/mol. The molecule has 0 unspecified atom stereocenters.